The molecule has 0 bridgehead atoms. The molecular weight excluding hydrogens is 371 g/mol. The molecule has 0 amide bonds. The molecule has 0 spiro atoms. The molecule has 0 saturated carbocycles. The standard InChI is InChI=1S/C15H10Cl2N4O2S/c16-6-3-1-2-5(11(6)17)8-9-7(4-24-14(9)23)19-12-10(8)13(22)21-15(18)20-12/h1-3,8H,4H2,(H4,18,19,20,21,22). The van der Waals surface area contributed by atoms with E-state index < -0.39 is 11.5 Å². The van der Waals surface area contributed by atoms with E-state index in [1.807, 2.05) is 0 Å². The number of nitrogens with zero attached hydrogens (tertiary/aromatic N) is 1. The minimum Gasteiger partial charge on any atom is -0.369 e. The van der Waals surface area contributed by atoms with Crippen LogP contribution in [0.1, 0.15) is 17.0 Å². The van der Waals surface area contributed by atoms with E-state index in [1.165, 1.54) is 11.8 Å². The average Bonchev–Trinajstić information content (AvgIpc) is 2.89. The van der Waals surface area contributed by atoms with Gasteiger partial charge in [-0.1, -0.05) is 47.1 Å². The Morgan fingerprint density at radius 1 is 1.29 bits per heavy atom. The number of hydrogen-bond donors (Lipinski definition) is 3. The fourth-order valence-electron chi connectivity index (χ4n) is 3.02. The van der Waals surface area contributed by atoms with Crippen LogP contribution in [0.25, 0.3) is 0 Å². The van der Waals surface area contributed by atoms with Crippen molar-refractivity contribution < 1.29 is 4.79 Å². The van der Waals surface area contributed by atoms with Gasteiger partial charge in [-0.2, -0.15) is 4.98 Å². The fraction of sp³-hybridized carbons (Fsp3) is 0.133. The van der Waals surface area contributed by atoms with Gasteiger partial charge in [-0.05, 0) is 11.6 Å². The first-order chi connectivity index (χ1) is 11.5. The molecule has 6 nitrogen and oxygen atoms in total. The number of nitrogen functional groups attached to an aromatic ring is 1. The number of thioether (sulfide) groups is 1. The Morgan fingerprint density at radius 2 is 2.08 bits per heavy atom. The first-order valence-electron chi connectivity index (χ1n) is 6.98. The number of halogens is 2. The van der Waals surface area contributed by atoms with Crippen LogP contribution in [0, 0.1) is 0 Å². The lowest BCUT2D eigenvalue weighted by Gasteiger charge is -2.27. The lowest BCUT2D eigenvalue weighted by atomic mass is 9.83. The van der Waals surface area contributed by atoms with Gasteiger partial charge in [-0.3, -0.25) is 14.6 Å². The van der Waals surface area contributed by atoms with E-state index in [9.17, 15) is 9.59 Å². The lowest BCUT2D eigenvalue weighted by molar-refractivity contribution is -0.107. The highest BCUT2D eigenvalue weighted by atomic mass is 35.5. The molecule has 24 heavy (non-hydrogen) atoms. The number of H-pyrrole nitrogens is 1. The number of hydrogen-bond acceptors (Lipinski definition) is 6. The second kappa shape index (κ2) is 5.54. The van der Waals surface area contributed by atoms with E-state index in [1.54, 1.807) is 18.2 Å². The van der Waals surface area contributed by atoms with Crippen molar-refractivity contribution >= 4 is 51.8 Å². The summed E-state index contributed by atoms with van der Waals surface area (Å²) in [7, 11) is 0. The quantitative estimate of drug-likeness (QED) is 0.702. The molecule has 0 radical (unpaired) electrons. The number of aromatic amines is 1. The van der Waals surface area contributed by atoms with E-state index in [0.717, 1.165) is 5.70 Å². The van der Waals surface area contributed by atoms with Crippen molar-refractivity contribution in [3.8, 4) is 0 Å². The summed E-state index contributed by atoms with van der Waals surface area (Å²) in [6.07, 6.45) is 0. The van der Waals surface area contributed by atoms with E-state index in [4.69, 9.17) is 28.9 Å². The van der Waals surface area contributed by atoms with Crippen LogP contribution in [0.4, 0.5) is 11.8 Å². The van der Waals surface area contributed by atoms with Crippen molar-refractivity contribution in [3.05, 3.63) is 61.0 Å². The number of aromatic nitrogens is 2. The summed E-state index contributed by atoms with van der Waals surface area (Å²) in [5.74, 6) is 0.188. The molecule has 2 aliphatic heterocycles. The largest absolute Gasteiger partial charge is 0.369 e. The van der Waals surface area contributed by atoms with Crippen LogP contribution in [0.5, 0.6) is 0 Å². The number of rotatable bonds is 1. The predicted molar refractivity (Wildman–Crippen MR) is 95.7 cm³/mol. The maximum atomic E-state index is 12.5. The third kappa shape index (κ3) is 2.23. The third-order valence-corrected chi connectivity index (χ3v) is 5.75. The highest BCUT2D eigenvalue weighted by molar-refractivity contribution is 8.14. The Hall–Kier alpha value is -1.96. The van der Waals surface area contributed by atoms with Gasteiger partial charge in [0, 0.05) is 17.0 Å². The average molecular weight is 381 g/mol. The summed E-state index contributed by atoms with van der Waals surface area (Å²) >= 11 is 13.7. The first kappa shape index (κ1) is 15.6. The number of fused-ring (bicyclic) bond motifs is 1. The Morgan fingerprint density at radius 3 is 2.88 bits per heavy atom. The van der Waals surface area contributed by atoms with Crippen LogP contribution >= 0.6 is 35.0 Å². The van der Waals surface area contributed by atoms with Crippen molar-refractivity contribution in [3.63, 3.8) is 0 Å². The lowest BCUT2D eigenvalue weighted by Crippen LogP contribution is -2.29. The van der Waals surface area contributed by atoms with Gasteiger partial charge in [0.05, 0.1) is 21.5 Å². The monoisotopic (exact) mass is 380 g/mol. The second-order valence-electron chi connectivity index (χ2n) is 5.38. The maximum absolute atomic E-state index is 12.5. The van der Waals surface area contributed by atoms with Gasteiger partial charge >= 0.3 is 0 Å². The first-order valence-corrected chi connectivity index (χ1v) is 8.72. The zero-order valence-corrected chi connectivity index (χ0v) is 14.4. The highest BCUT2D eigenvalue weighted by Crippen LogP contribution is 2.47. The third-order valence-electron chi connectivity index (χ3n) is 4.01. The Labute approximate surface area is 150 Å². The molecule has 1 aromatic heterocycles. The number of benzene rings is 1. The Balaban J connectivity index is 2.05. The van der Waals surface area contributed by atoms with Crippen LogP contribution in [0.3, 0.4) is 0 Å². The fourth-order valence-corrected chi connectivity index (χ4v) is 4.33. The molecule has 4 rings (SSSR count). The minimum absolute atomic E-state index is 0.00298. The van der Waals surface area contributed by atoms with Gasteiger partial charge < -0.3 is 11.1 Å². The van der Waals surface area contributed by atoms with Gasteiger partial charge in [-0.15, -0.1) is 0 Å². The molecule has 0 aliphatic carbocycles. The summed E-state index contributed by atoms with van der Waals surface area (Å²) in [6.45, 7) is 0. The zero-order chi connectivity index (χ0) is 17.0. The summed E-state index contributed by atoms with van der Waals surface area (Å²) < 4.78 is 0. The molecule has 2 aromatic rings. The number of nitrogens with two attached hydrogens (primary N) is 1. The second-order valence-corrected chi connectivity index (χ2v) is 7.12. The Kier molecular flexibility index (Phi) is 3.59. The van der Waals surface area contributed by atoms with Crippen LogP contribution < -0.4 is 16.6 Å². The van der Waals surface area contributed by atoms with E-state index in [-0.39, 0.29) is 11.1 Å². The van der Waals surface area contributed by atoms with Gasteiger partial charge in [0.15, 0.2) is 0 Å². The van der Waals surface area contributed by atoms with Gasteiger partial charge in [0.2, 0.25) is 11.1 Å². The van der Waals surface area contributed by atoms with E-state index in [2.05, 4.69) is 15.3 Å². The molecule has 2 aliphatic rings. The smallest absolute Gasteiger partial charge is 0.258 e. The van der Waals surface area contributed by atoms with Crippen molar-refractivity contribution in [1.82, 2.24) is 9.97 Å². The molecule has 9 heteroatoms. The molecule has 0 fully saturated rings. The molecule has 1 atom stereocenters. The number of anilines is 2. The van der Waals surface area contributed by atoms with Gasteiger partial charge in [0.1, 0.15) is 5.82 Å². The summed E-state index contributed by atoms with van der Waals surface area (Å²) in [6, 6.07) is 5.14. The highest BCUT2D eigenvalue weighted by Gasteiger charge is 2.40. The van der Waals surface area contributed by atoms with Crippen LogP contribution in [-0.2, 0) is 4.79 Å². The van der Waals surface area contributed by atoms with Gasteiger partial charge in [0.25, 0.3) is 5.56 Å². The van der Waals surface area contributed by atoms with Gasteiger partial charge in [-0.25, -0.2) is 0 Å². The normalized spacial score (nSPS) is 19.1. The Bertz CT molecular complexity index is 986. The molecule has 1 aromatic carbocycles. The molecule has 4 N–H and O–H groups in total. The molecule has 1 unspecified atom stereocenters. The van der Waals surface area contributed by atoms with Crippen LogP contribution in [-0.4, -0.2) is 20.8 Å². The number of carbonyl (C=O) groups is 1. The van der Waals surface area contributed by atoms with Crippen molar-refractivity contribution in [2.45, 2.75) is 5.92 Å². The van der Waals surface area contributed by atoms with Crippen molar-refractivity contribution in [1.29, 1.82) is 0 Å². The summed E-state index contributed by atoms with van der Waals surface area (Å²) in [5, 5.41) is 3.62. The SMILES string of the molecule is Nc1nc2c(c(=O)[nH]1)C(c1cccc(Cl)c1Cl)C1=C(CSC1=O)N2. The minimum atomic E-state index is -0.637. The number of carbonyl (C=O) groups excluding carboxylic acids is 1. The van der Waals surface area contributed by atoms with Crippen LogP contribution in [0.15, 0.2) is 34.3 Å². The summed E-state index contributed by atoms with van der Waals surface area (Å²) in [4.78, 5) is 31.6. The summed E-state index contributed by atoms with van der Waals surface area (Å²) in [5.41, 5.74) is 7.35. The zero-order valence-electron chi connectivity index (χ0n) is 12.0. The molecule has 0 saturated heterocycles. The van der Waals surface area contributed by atoms with E-state index >= 15 is 0 Å². The molecule has 3 heterocycles. The van der Waals surface area contributed by atoms with Crippen molar-refractivity contribution in [2.75, 3.05) is 16.8 Å². The van der Waals surface area contributed by atoms with E-state index in [0.29, 0.717) is 38.3 Å². The molecular formula is C15H10Cl2N4O2S. The topological polar surface area (TPSA) is 101 Å². The predicted octanol–water partition coefficient (Wildman–Crippen LogP) is 2.74. The maximum Gasteiger partial charge on any atom is 0.258 e. The van der Waals surface area contributed by atoms with Crippen LogP contribution in [0.2, 0.25) is 10.0 Å². The van der Waals surface area contributed by atoms with Crippen molar-refractivity contribution in [2.24, 2.45) is 0 Å². The molecule has 122 valence electrons. The number of nitrogens with one attached hydrogen (secondary N) is 2.